The highest BCUT2D eigenvalue weighted by molar-refractivity contribution is 9.10. The highest BCUT2D eigenvalue weighted by Gasteiger charge is 2.13. The van der Waals surface area contributed by atoms with Gasteiger partial charge in [0.2, 0.25) is 11.8 Å². The van der Waals surface area contributed by atoms with Crippen LogP contribution in [0.2, 0.25) is 0 Å². The van der Waals surface area contributed by atoms with Crippen molar-refractivity contribution in [1.82, 2.24) is 15.0 Å². The zero-order valence-corrected chi connectivity index (χ0v) is 16.8. The largest absolute Gasteiger partial charge is 0.481 e. The lowest BCUT2D eigenvalue weighted by molar-refractivity contribution is 0.391. The Morgan fingerprint density at radius 1 is 1.36 bits per heavy atom. The number of aromatic nitrogens is 3. The van der Waals surface area contributed by atoms with E-state index in [0.29, 0.717) is 24.7 Å². The van der Waals surface area contributed by atoms with Crippen LogP contribution in [-0.2, 0) is 6.42 Å². The molecule has 9 heteroatoms. The quantitative estimate of drug-likeness (QED) is 0.441. The summed E-state index contributed by atoms with van der Waals surface area (Å²) in [6.45, 7) is 1.90. The highest BCUT2D eigenvalue weighted by atomic mass is 79.9. The van der Waals surface area contributed by atoms with Crippen LogP contribution < -0.4 is 9.46 Å². The molecule has 0 saturated heterocycles. The van der Waals surface area contributed by atoms with Crippen molar-refractivity contribution < 1.29 is 4.74 Å². The molecular formula is C16H14BrN5OS2. The van der Waals surface area contributed by atoms with Gasteiger partial charge in [-0.2, -0.15) is 10.2 Å². The number of nitriles is 1. The molecule has 0 atom stereocenters. The number of aryl methyl sites for hydroxylation is 1. The summed E-state index contributed by atoms with van der Waals surface area (Å²) in [4.78, 5) is 15.4. The molecule has 6 nitrogen and oxygen atoms in total. The predicted octanol–water partition coefficient (Wildman–Crippen LogP) is 4.74. The predicted molar refractivity (Wildman–Crippen MR) is 104 cm³/mol. The molecule has 0 bridgehead atoms. The van der Waals surface area contributed by atoms with E-state index in [4.69, 9.17) is 10.00 Å². The number of pyridine rings is 1. The lowest BCUT2D eigenvalue weighted by Crippen LogP contribution is -2.04. The Kier molecular flexibility index (Phi) is 5.73. The molecule has 1 N–H and O–H groups in total. The van der Waals surface area contributed by atoms with Gasteiger partial charge in [-0.05, 0) is 53.4 Å². The van der Waals surface area contributed by atoms with Gasteiger partial charge >= 0.3 is 0 Å². The van der Waals surface area contributed by atoms with Crippen LogP contribution in [0.25, 0.3) is 10.2 Å². The fraction of sp³-hybridized carbons (Fsp3) is 0.250. The summed E-state index contributed by atoms with van der Waals surface area (Å²) in [6.07, 6.45) is 0.986. The molecule has 0 unspecified atom stereocenters. The van der Waals surface area contributed by atoms with Gasteiger partial charge in [0.05, 0.1) is 13.2 Å². The van der Waals surface area contributed by atoms with Gasteiger partial charge in [-0.3, -0.25) is 4.72 Å². The lowest BCUT2D eigenvalue weighted by atomic mass is 10.1. The molecule has 3 heterocycles. The number of anilines is 1. The van der Waals surface area contributed by atoms with E-state index in [1.165, 1.54) is 11.9 Å². The van der Waals surface area contributed by atoms with E-state index in [1.54, 1.807) is 18.4 Å². The molecule has 0 saturated carbocycles. The first-order valence-electron chi connectivity index (χ1n) is 7.37. The van der Waals surface area contributed by atoms with Gasteiger partial charge in [0.25, 0.3) is 0 Å². The van der Waals surface area contributed by atoms with E-state index in [0.717, 1.165) is 31.0 Å². The van der Waals surface area contributed by atoms with Crippen LogP contribution >= 0.6 is 39.2 Å². The second-order valence-electron chi connectivity index (χ2n) is 5.07. The Bertz CT molecular complexity index is 954. The topological polar surface area (TPSA) is 83.7 Å². The van der Waals surface area contributed by atoms with E-state index in [2.05, 4.69) is 41.7 Å². The number of nitrogens with one attached hydrogen (secondary N) is 1. The summed E-state index contributed by atoms with van der Waals surface area (Å²) in [7, 11) is 1.57. The Morgan fingerprint density at radius 3 is 2.96 bits per heavy atom. The molecule has 3 aromatic rings. The molecule has 0 radical (unpaired) electrons. The number of halogens is 1. The molecule has 25 heavy (non-hydrogen) atoms. The van der Waals surface area contributed by atoms with Crippen molar-refractivity contribution in [2.75, 3.05) is 11.8 Å². The molecule has 0 fully saturated rings. The van der Waals surface area contributed by atoms with E-state index in [9.17, 15) is 0 Å². The Morgan fingerprint density at radius 2 is 2.20 bits per heavy atom. The van der Waals surface area contributed by atoms with Crippen molar-refractivity contribution in [3.05, 3.63) is 33.4 Å². The first kappa shape index (κ1) is 17.9. The number of hydrogen-bond donors (Lipinski definition) is 1. The fourth-order valence-corrected chi connectivity index (χ4v) is 4.50. The van der Waals surface area contributed by atoms with Gasteiger partial charge in [0.15, 0.2) is 0 Å². The van der Waals surface area contributed by atoms with Crippen molar-refractivity contribution >= 4 is 55.4 Å². The van der Waals surface area contributed by atoms with Gasteiger partial charge in [-0.25, -0.2) is 9.97 Å². The molecule has 0 aliphatic carbocycles. The second kappa shape index (κ2) is 7.99. The monoisotopic (exact) mass is 435 g/mol. The van der Waals surface area contributed by atoms with E-state index >= 15 is 0 Å². The Hall–Kier alpha value is -1.89. The summed E-state index contributed by atoms with van der Waals surface area (Å²) in [6, 6.07) is 6.09. The molecular weight excluding hydrogens is 422 g/mol. The number of thiophene rings is 1. The van der Waals surface area contributed by atoms with Crippen molar-refractivity contribution in [2.24, 2.45) is 0 Å². The molecule has 0 aromatic carbocycles. The minimum atomic E-state index is 0.408. The van der Waals surface area contributed by atoms with Gasteiger partial charge in [-0.15, -0.1) is 11.3 Å². The summed E-state index contributed by atoms with van der Waals surface area (Å²) >= 11 is 6.41. The Labute approximate surface area is 161 Å². The molecule has 0 aliphatic heterocycles. The third kappa shape index (κ3) is 4.03. The van der Waals surface area contributed by atoms with Crippen molar-refractivity contribution in [3.8, 4) is 11.9 Å². The van der Waals surface area contributed by atoms with Crippen LogP contribution in [0, 0.1) is 18.3 Å². The third-order valence-electron chi connectivity index (χ3n) is 3.48. The van der Waals surface area contributed by atoms with Crippen molar-refractivity contribution in [3.63, 3.8) is 0 Å². The first-order valence-corrected chi connectivity index (χ1v) is 9.86. The third-order valence-corrected chi connectivity index (χ3v) is 5.80. The number of methoxy groups -OCH3 is 1. The normalized spacial score (nSPS) is 10.6. The molecule has 0 spiro atoms. The summed E-state index contributed by atoms with van der Waals surface area (Å²) in [5, 5.41) is 11.9. The maximum Gasteiger partial charge on any atom is 0.236 e. The SMILES string of the molecule is COc1nc(NSc2csc3nc(Br)ccc23)nc(C)c1CCC#N. The zero-order chi connectivity index (χ0) is 17.8. The summed E-state index contributed by atoms with van der Waals surface area (Å²) in [5.74, 6) is 0.983. The van der Waals surface area contributed by atoms with Crippen LogP contribution in [0.3, 0.4) is 0 Å². The minimum absolute atomic E-state index is 0.408. The number of fused-ring (bicyclic) bond motifs is 1. The summed E-state index contributed by atoms with van der Waals surface area (Å²) < 4.78 is 9.35. The van der Waals surface area contributed by atoms with E-state index < -0.39 is 0 Å². The van der Waals surface area contributed by atoms with Gasteiger partial charge in [0, 0.05) is 33.3 Å². The van der Waals surface area contributed by atoms with E-state index in [-0.39, 0.29) is 0 Å². The zero-order valence-electron chi connectivity index (χ0n) is 13.5. The van der Waals surface area contributed by atoms with Gasteiger partial charge in [0.1, 0.15) is 9.43 Å². The lowest BCUT2D eigenvalue weighted by Gasteiger charge is -2.11. The average molecular weight is 436 g/mol. The fourth-order valence-electron chi connectivity index (χ4n) is 2.30. The average Bonchev–Trinajstić information content (AvgIpc) is 3.00. The van der Waals surface area contributed by atoms with Crippen LogP contribution in [0.1, 0.15) is 17.7 Å². The van der Waals surface area contributed by atoms with E-state index in [1.807, 2.05) is 24.4 Å². The van der Waals surface area contributed by atoms with Crippen LogP contribution in [0.15, 0.2) is 27.0 Å². The van der Waals surface area contributed by atoms with Crippen LogP contribution in [0.4, 0.5) is 5.95 Å². The van der Waals surface area contributed by atoms with Gasteiger partial charge in [-0.1, -0.05) is 0 Å². The van der Waals surface area contributed by atoms with Crippen LogP contribution in [0.5, 0.6) is 5.88 Å². The number of hydrogen-bond acceptors (Lipinski definition) is 8. The standard InChI is InChI=1S/C16H14BrN5OS2/c1-9-10(4-3-7-18)14(23-2)21-16(19-9)22-25-12-8-24-15-11(12)5-6-13(17)20-15/h5-6,8H,3-4H2,1-2H3,(H,19,21,22). The van der Waals surface area contributed by atoms with Crippen molar-refractivity contribution in [2.45, 2.75) is 24.7 Å². The molecule has 0 amide bonds. The van der Waals surface area contributed by atoms with Crippen molar-refractivity contribution in [1.29, 1.82) is 5.26 Å². The smallest absolute Gasteiger partial charge is 0.236 e. The Balaban J connectivity index is 1.80. The van der Waals surface area contributed by atoms with Crippen LogP contribution in [-0.4, -0.2) is 22.1 Å². The number of ether oxygens (including phenoxy) is 1. The molecule has 3 rings (SSSR count). The first-order chi connectivity index (χ1) is 12.1. The van der Waals surface area contributed by atoms with Gasteiger partial charge < -0.3 is 4.74 Å². The molecule has 3 aromatic heterocycles. The maximum atomic E-state index is 8.78. The summed E-state index contributed by atoms with van der Waals surface area (Å²) in [5.41, 5.74) is 1.68. The number of rotatable bonds is 6. The maximum absolute atomic E-state index is 8.78. The molecule has 128 valence electrons. The molecule has 0 aliphatic rings. The minimum Gasteiger partial charge on any atom is -0.481 e. The highest BCUT2D eigenvalue weighted by Crippen LogP contribution is 2.33. The second-order valence-corrected chi connectivity index (χ2v) is 7.59. The number of nitrogens with zero attached hydrogens (tertiary/aromatic N) is 4.